The highest BCUT2D eigenvalue weighted by molar-refractivity contribution is 6.31. The van der Waals surface area contributed by atoms with E-state index >= 15 is 0 Å². The Morgan fingerprint density at radius 2 is 1.41 bits per heavy atom. The Morgan fingerprint density at radius 3 is 2.15 bits per heavy atom. The number of aromatic carboxylic acids is 1. The normalized spacial score (nSPS) is 10.6. The molecule has 5 rings (SSSR count). The first-order chi connectivity index (χ1) is 19.0. The van der Waals surface area contributed by atoms with E-state index in [1.807, 2.05) is 66.7 Å². The molecule has 5 nitrogen and oxygen atoms in total. The zero-order chi connectivity index (χ0) is 27.2. The van der Waals surface area contributed by atoms with Crippen LogP contribution in [0.15, 0.2) is 121 Å². The van der Waals surface area contributed by atoms with Gasteiger partial charge in [-0.15, -0.1) is 0 Å². The van der Waals surface area contributed by atoms with Crippen molar-refractivity contribution in [1.82, 2.24) is 0 Å². The van der Waals surface area contributed by atoms with E-state index in [9.17, 15) is 14.7 Å². The minimum atomic E-state index is -1.01. The third-order valence-corrected chi connectivity index (χ3v) is 6.44. The Morgan fingerprint density at radius 1 is 0.692 bits per heavy atom. The maximum atomic E-state index is 12.9. The number of carbonyl (C=O) groups is 2. The van der Waals surface area contributed by atoms with Crippen LogP contribution in [0.3, 0.4) is 0 Å². The molecule has 0 atom stereocenters. The number of ether oxygens (including phenoxy) is 1. The summed E-state index contributed by atoms with van der Waals surface area (Å²) in [4.78, 5) is 24.6. The number of nitrogens with one attached hydrogen (secondary N) is 1. The van der Waals surface area contributed by atoms with Gasteiger partial charge in [0.15, 0.2) is 0 Å². The molecule has 2 N–H and O–H groups in total. The quantitative estimate of drug-likeness (QED) is 0.211. The zero-order valence-corrected chi connectivity index (χ0v) is 21.6. The van der Waals surface area contributed by atoms with Crippen LogP contribution < -0.4 is 10.1 Å². The van der Waals surface area contributed by atoms with Crippen molar-refractivity contribution >= 4 is 29.2 Å². The van der Waals surface area contributed by atoms with Crippen molar-refractivity contribution in [2.24, 2.45) is 0 Å². The van der Waals surface area contributed by atoms with Gasteiger partial charge in [-0.2, -0.15) is 0 Å². The predicted octanol–water partition coefficient (Wildman–Crippen LogP) is 8.20. The number of carbonyl (C=O) groups excluding carboxylic acids is 1. The zero-order valence-electron chi connectivity index (χ0n) is 20.8. The van der Waals surface area contributed by atoms with Crippen LogP contribution in [0.4, 0.5) is 5.69 Å². The molecule has 0 spiro atoms. The molecule has 0 aliphatic heterocycles. The van der Waals surface area contributed by atoms with Crippen molar-refractivity contribution in [3.05, 3.63) is 143 Å². The van der Waals surface area contributed by atoms with Crippen molar-refractivity contribution in [2.75, 3.05) is 5.32 Å². The Bertz CT molecular complexity index is 1640. The second-order valence-electron chi connectivity index (χ2n) is 8.88. The summed E-state index contributed by atoms with van der Waals surface area (Å²) in [6, 6.07) is 36.4. The van der Waals surface area contributed by atoms with E-state index in [0.717, 1.165) is 16.7 Å². The molecule has 39 heavy (non-hydrogen) atoms. The van der Waals surface area contributed by atoms with Crippen molar-refractivity contribution in [3.63, 3.8) is 0 Å². The molecular formula is C33H24ClNO4. The SMILES string of the molecule is O=C(O)c1cccc(-c2ccc(NC(=O)c3ccccc3)cc2-c2cc(Cl)ccc2OCc2ccccc2)c1. The lowest BCUT2D eigenvalue weighted by Crippen LogP contribution is -2.11. The van der Waals surface area contributed by atoms with E-state index in [0.29, 0.717) is 39.8 Å². The number of hydrogen-bond donors (Lipinski definition) is 2. The van der Waals surface area contributed by atoms with Crippen molar-refractivity contribution in [2.45, 2.75) is 6.61 Å². The summed E-state index contributed by atoms with van der Waals surface area (Å²) < 4.78 is 6.24. The minimum absolute atomic E-state index is 0.173. The third-order valence-electron chi connectivity index (χ3n) is 6.20. The van der Waals surface area contributed by atoms with Gasteiger partial charge >= 0.3 is 5.97 Å². The van der Waals surface area contributed by atoms with Crippen LogP contribution in [-0.2, 0) is 6.61 Å². The summed E-state index contributed by atoms with van der Waals surface area (Å²) in [5.74, 6) is -0.654. The fourth-order valence-corrected chi connectivity index (χ4v) is 4.46. The first-order valence-electron chi connectivity index (χ1n) is 12.3. The standard InChI is InChI=1S/C33H24ClNO4/c34-26-14-17-31(39-21-22-8-3-1-4-9-22)30(19-26)29-20-27(35-32(36)23-10-5-2-6-11-23)15-16-28(29)24-12-7-13-25(18-24)33(37)38/h1-20H,21H2,(H,35,36)(H,37,38). The van der Waals surface area contributed by atoms with Crippen LogP contribution in [0.2, 0.25) is 5.02 Å². The highest BCUT2D eigenvalue weighted by Crippen LogP contribution is 2.41. The maximum Gasteiger partial charge on any atom is 0.335 e. The van der Waals surface area contributed by atoms with Gasteiger partial charge in [0.2, 0.25) is 0 Å². The molecule has 0 bridgehead atoms. The fraction of sp³-hybridized carbons (Fsp3) is 0.0303. The van der Waals surface area contributed by atoms with Gasteiger partial charge in [0.05, 0.1) is 5.56 Å². The van der Waals surface area contributed by atoms with E-state index in [4.69, 9.17) is 16.3 Å². The van der Waals surface area contributed by atoms with E-state index in [1.165, 1.54) is 0 Å². The smallest absolute Gasteiger partial charge is 0.335 e. The number of hydrogen-bond acceptors (Lipinski definition) is 3. The molecule has 0 aliphatic carbocycles. The molecule has 6 heteroatoms. The Hall–Kier alpha value is -4.87. The number of rotatable bonds is 8. The average molecular weight is 534 g/mol. The number of amides is 1. The average Bonchev–Trinajstić information content (AvgIpc) is 2.97. The Balaban J connectivity index is 1.60. The summed E-state index contributed by atoms with van der Waals surface area (Å²) in [6.45, 7) is 0.351. The number of carboxylic acids is 1. The Labute approximate surface area is 231 Å². The number of carboxylic acid groups (broad SMARTS) is 1. The van der Waals surface area contributed by atoms with Gasteiger partial charge in [-0.3, -0.25) is 4.79 Å². The van der Waals surface area contributed by atoms with Crippen LogP contribution in [0.5, 0.6) is 5.75 Å². The highest BCUT2D eigenvalue weighted by Gasteiger charge is 2.17. The molecule has 5 aromatic rings. The fourth-order valence-electron chi connectivity index (χ4n) is 4.28. The highest BCUT2D eigenvalue weighted by atomic mass is 35.5. The summed E-state index contributed by atoms with van der Waals surface area (Å²) in [5, 5.41) is 13.0. The van der Waals surface area contributed by atoms with E-state index in [2.05, 4.69) is 5.32 Å². The molecule has 5 aromatic carbocycles. The number of halogens is 1. The van der Waals surface area contributed by atoms with Crippen LogP contribution in [-0.4, -0.2) is 17.0 Å². The van der Waals surface area contributed by atoms with Crippen LogP contribution in [0.25, 0.3) is 22.3 Å². The first-order valence-corrected chi connectivity index (χ1v) is 12.7. The first kappa shape index (κ1) is 25.8. The molecular weight excluding hydrogens is 510 g/mol. The molecule has 1 amide bonds. The minimum Gasteiger partial charge on any atom is -0.488 e. The molecule has 0 fully saturated rings. The van der Waals surface area contributed by atoms with Crippen molar-refractivity contribution in [1.29, 1.82) is 0 Å². The topological polar surface area (TPSA) is 75.6 Å². The molecule has 0 radical (unpaired) electrons. The molecule has 0 heterocycles. The van der Waals surface area contributed by atoms with Gasteiger partial charge in [-0.25, -0.2) is 4.79 Å². The Kier molecular flexibility index (Phi) is 7.71. The van der Waals surface area contributed by atoms with Gasteiger partial charge in [0.1, 0.15) is 12.4 Å². The summed E-state index contributed by atoms with van der Waals surface area (Å²) in [5.41, 5.74) is 5.21. The third kappa shape index (κ3) is 6.17. The van der Waals surface area contributed by atoms with E-state index in [-0.39, 0.29) is 11.5 Å². The van der Waals surface area contributed by atoms with Crippen LogP contribution >= 0.6 is 11.6 Å². The second kappa shape index (κ2) is 11.7. The van der Waals surface area contributed by atoms with Gasteiger partial charge in [0.25, 0.3) is 5.91 Å². The number of anilines is 1. The van der Waals surface area contributed by atoms with E-state index in [1.54, 1.807) is 54.6 Å². The lowest BCUT2D eigenvalue weighted by molar-refractivity contribution is 0.0696. The van der Waals surface area contributed by atoms with Crippen LogP contribution in [0.1, 0.15) is 26.3 Å². The molecule has 192 valence electrons. The summed E-state index contributed by atoms with van der Waals surface area (Å²) in [6.07, 6.45) is 0. The van der Waals surface area contributed by atoms with Gasteiger partial charge in [0, 0.05) is 21.8 Å². The summed E-state index contributed by atoms with van der Waals surface area (Å²) >= 11 is 6.45. The van der Waals surface area contributed by atoms with Crippen LogP contribution in [0, 0.1) is 0 Å². The maximum absolute atomic E-state index is 12.9. The molecule has 0 aliphatic rings. The van der Waals surface area contributed by atoms with Gasteiger partial charge in [-0.1, -0.05) is 78.3 Å². The summed E-state index contributed by atoms with van der Waals surface area (Å²) in [7, 11) is 0. The van der Waals surface area contributed by atoms with Gasteiger partial charge < -0.3 is 15.2 Å². The number of benzene rings is 5. The van der Waals surface area contributed by atoms with Crippen molar-refractivity contribution < 1.29 is 19.4 Å². The van der Waals surface area contributed by atoms with E-state index < -0.39 is 5.97 Å². The lowest BCUT2D eigenvalue weighted by Gasteiger charge is -2.18. The molecule has 0 saturated heterocycles. The predicted molar refractivity (Wildman–Crippen MR) is 154 cm³/mol. The van der Waals surface area contributed by atoms with Gasteiger partial charge in [-0.05, 0) is 76.9 Å². The molecule has 0 saturated carbocycles. The second-order valence-corrected chi connectivity index (χ2v) is 9.32. The lowest BCUT2D eigenvalue weighted by atomic mass is 9.92. The largest absolute Gasteiger partial charge is 0.488 e. The molecule has 0 aromatic heterocycles. The molecule has 0 unspecified atom stereocenters. The van der Waals surface area contributed by atoms with Crippen molar-refractivity contribution in [3.8, 4) is 28.0 Å². The monoisotopic (exact) mass is 533 g/mol.